The zero-order valence-corrected chi connectivity index (χ0v) is 22.5. The van der Waals surface area contributed by atoms with Gasteiger partial charge in [0, 0.05) is 25.7 Å². The van der Waals surface area contributed by atoms with Crippen molar-refractivity contribution >= 4 is 34.7 Å². The summed E-state index contributed by atoms with van der Waals surface area (Å²) < 4.78 is 0. The van der Waals surface area contributed by atoms with Crippen LogP contribution in [0, 0.1) is 10.8 Å². The van der Waals surface area contributed by atoms with Gasteiger partial charge in [0.1, 0.15) is 0 Å². The predicted octanol–water partition coefficient (Wildman–Crippen LogP) is 4.99. The van der Waals surface area contributed by atoms with Crippen LogP contribution in [0.2, 0.25) is 0 Å². The van der Waals surface area contributed by atoms with Gasteiger partial charge in [0.15, 0.2) is 10.2 Å². The van der Waals surface area contributed by atoms with Crippen LogP contribution in [0.15, 0.2) is 60.7 Å². The molecule has 2 aromatic rings. The summed E-state index contributed by atoms with van der Waals surface area (Å²) in [6.07, 6.45) is 5.27. The lowest BCUT2D eigenvalue weighted by Crippen LogP contribution is -2.53. The van der Waals surface area contributed by atoms with Gasteiger partial charge in [-0.05, 0) is 78.5 Å². The van der Waals surface area contributed by atoms with Gasteiger partial charge in [-0.1, -0.05) is 81.4 Å². The summed E-state index contributed by atoms with van der Waals surface area (Å²) in [5.41, 5.74) is 3.03. The van der Waals surface area contributed by atoms with Gasteiger partial charge in [-0.25, -0.2) is 0 Å². The van der Waals surface area contributed by atoms with E-state index < -0.39 is 0 Å². The fourth-order valence-corrected chi connectivity index (χ4v) is 5.84. The van der Waals surface area contributed by atoms with E-state index in [0.29, 0.717) is 6.04 Å². The van der Waals surface area contributed by atoms with E-state index in [1.165, 1.54) is 11.1 Å². The molecule has 184 valence electrons. The molecule has 2 atom stereocenters. The fraction of sp³-hybridized carbons (Fsp3) is 0.500. The zero-order chi connectivity index (χ0) is 24.4. The highest BCUT2D eigenvalue weighted by molar-refractivity contribution is 7.80. The molecule has 0 aromatic heterocycles. The number of hydrogen-bond acceptors (Lipinski definition) is 2. The monoisotopic (exact) mass is 496 g/mol. The third-order valence-corrected chi connectivity index (χ3v) is 7.09. The molecule has 0 radical (unpaired) electrons. The Balaban J connectivity index is 1.42. The van der Waals surface area contributed by atoms with Crippen LogP contribution in [-0.4, -0.2) is 35.9 Å². The summed E-state index contributed by atoms with van der Waals surface area (Å²) in [6.45, 7) is 9.63. The molecule has 0 heterocycles. The normalized spacial score (nSPS) is 21.3. The molecule has 3 rings (SSSR count). The van der Waals surface area contributed by atoms with Crippen molar-refractivity contribution in [1.29, 1.82) is 0 Å². The van der Waals surface area contributed by atoms with Crippen LogP contribution in [0.4, 0.5) is 0 Å². The van der Waals surface area contributed by atoms with E-state index in [4.69, 9.17) is 24.4 Å². The second-order valence-electron chi connectivity index (χ2n) is 10.7. The zero-order valence-electron chi connectivity index (χ0n) is 20.8. The highest BCUT2D eigenvalue weighted by Gasteiger charge is 2.41. The molecule has 0 aliphatic heterocycles. The number of nitrogens with one attached hydrogen (secondary N) is 4. The summed E-state index contributed by atoms with van der Waals surface area (Å²) in [6, 6.07) is 21.4. The van der Waals surface area contributed by atoms with Crippen molar-refractivity contribution in [3.05, 3.63) is 71.8 Å². The second-order valence-corrected chi connectivity index (χ2v) is 11.6. The van der Waals surface area contributed by atoms with Crippen LogP contribution in [0.5, 0.6) is 0 Å². The third kappa shape index (κ3) is 9.22. The summed E-state index contributed by atoms with van der Waals surface area (Å²) in [4.78, 5) is 0. The SMILES string of the molecule is CC1(C)C[C@@H](NC(=S)NCCc2ccccc2)C[C@@](C)(CNC(=S)NCCc2ccccc2)C1. The van der Waals surface area contributed by atoms with Crippen LogP contribution in [0.25, 0.3) is 0 Å². The Morgan fingerprint density at radius 2 is 1.29 bits per heavy atom. The van der Waals surface area contributed by atoms with E-state index in [9.17, 15) is 0 Å². The average Bonchev–Trinajstić information content (AvgIpc) is 2.78. The van der Waals surface area contributed by atoms with Crippen LogP contribution in [-0.2, 0) is 12.8 Å². The van der Waals surface area contributed by atoms with Gasteiger partial charge in [-0.15, -0.1) is 0 Å². The van der Waals surface area contributed by atoms with Crippen molar-refractivity contribution in [2.75, 3.05) is 19.6 Å². The van der Waals surface area contributed by atoms with Gasteiger partial charge in [0.05, 0.1) is 0 Å². The smallest absolute Gasteiger partial charge is 0.166 e. The Labute approximate surface area is 216 Å². The van der Waals surface area contributed by atoms with Crippen LogP contribution in [0.3, 0.4) is 0 Å². The molecule has 1 aliphatic carbocycles. The van der Waals surface area contributed by atoms with Gasteiger partial charge in [0.25, 0.3) is 0 Å². The molecule has 6 heteroatoms. The molecule has 0 spiro atoms. The molecular weight excluding hydrogens is 456 g/mol. The average molecular weight is 497 g/mol. The van der Waals surface area contributed by atoms with Gasteiger partial charge < -0.3 is 21.3 Å². The number of rotatable bonds is 9. The molecule has 0 amide bonds. The molecule has 1 fully saturated rings. The van der Waals surface area contributed by atoms with Gasteiger partial charge in [-0.2, -0.15) is 0 Å². The van der Waals surface area contributed by atoms with E-state index in [1.807, 2.05) is 12.1 Å². The van der Waals surface area contributed by atoms with E-state index in [-0.39, 0.29) is 10.8 Å². The first kappa shape index (κ1) is 26.4. The molecule has 2 aromatic carbocycles. The largest absolute Gasteiger partial charge is 0.362 e. The molecule has 1 saturated carbocycles. The second kappa shape index (κ2) is 12.5. The maximum absolute atomic E-state index is 5.63. The number of hydrogen-bond donors (Lipinski definition) is 4. The minimum absolute atomic E-state index is 0.143. The van der Waals surface area contributed by atoms with Gasteiger partial charge in [-0.3, -0.25) is 0 Å². The summed E-state index contributed by atoms with van der Waals surface area (Å²) in [5, 5.41) is 15.3. The van der Waals surface area contributed by atoms with Gasteiger partial charge >= 0.3 is 0 Å². The van der Waals surface area contributed by atoms with E-state index >= 15 is 0 Å². The molecule has 34 heavy (non-hydrogen) atoms. The molecule has 0 bridgehead atoms. The maximum atomic E-state index is 5.63. The first-order valence-electron chi connectivity index (χ1n) is 12.4. The molecule has 0 unspecified atom stereocenters. The van der Waals surface area contributed by atoms with Crippen molar-refractivity contribution in [3.8, 4) is 0 Å². The van der Waals surface area contributed by atoms with Crippen molar-refractivity contribution in [1.82, 2.24) is 21.3 Å². The van der Waals surface area contributed by atoms with Crippen LogP contribution < -0.4 is 21.3 Å². The summed E-state index contributed by atoms with van der Waals surface area (Å²) in [5.74, 6) is 0. The Morgan fingerprint density at radius 3 is 1.85 bits per heavy atom. The molecule has 4 nitrogen and oxygen atoms in total. The Morgan fingerprint density at radius 1 is 0.765 bits per heavy atom. The molecule has 4 N–H and O–H groups in total. The highest BCUT2D eigenvalue weighted by atomic mass is 32.1. The Kier molecular flexibility index (Phi) is 9.72. The lowest BCUT2D eigenvalue weighted by Gasteiger charge is -2.47. The summed E-state index contributed by atoms with van der Waals surface area (Å²) >= 11 is 11.2. The summed E-state index contributed by atoms with van der Waals surface area (Å²) in [7, 11) is 0. The van der Waals surface area contributed by atoms with Crippen molar-refractivity contribution < 1.29 is 0 Å². The number of thiocarbonyl (C=S) groups is 2. The van der Waals surface area contributed by atoms with Crippen molar-refractivity contribution in [2.45, 2.75) is 58.9 Å². The fourth-order valence-electron chi connectivity index (χ4n) is 5.39. The van der Waals surface area contributed by atoms with Crippen molar-refractivity contribution in [3.63, 3.8) is 0 Å². The topological polar surface area (TPSA) is 48.1 Å². The minimum Gasteiger partial charge on any atom is -0.362 e. The Bertz CT molecular complexity index is 917. The van der Waals surface area contributed by atoms with Crippen molar-refractivity contribution in [2.24, 2.45) is 10.8 Å². The van der Waals surface area contributed by atoms with E-state index in [2.05, 4.69) is 90.6 Å². The third-order valence-electron chi connectivity index (χ3n) is 6.54. The minimum atomic E-state index is 0.143. The lowest BCUT2D eigenvalue weighted by atomic mass is 9.62. The standard InChI is InChI=1S/C28H40N4S2/c1-27(2)18-24(32-26(34)30-17-15-23-12-8-5-9-13-23)19-28(3,20-27)21-31-25(33)29-16-14-22-10-6-4-7-11-22/h4-13,24H,14-21H2,1-3H3,(H2,29,31,33)(H2,30,32,34)/t24-,28-/m1/s1. The van der Waals surface area contributed by atoms with Crippen LogP contribution >= 0.6 is 24.4 Å². The van der Waals surface area contributed by atoms with E-state index in [1.54, 1.807) is 0 Å². The predicted molar refractivity (Wildman–Crippen MR) is 152 cm³/mol. The first-order valence-corrected chi connectivity index (χ1v) is 13.2. The first-order chi connectivity index (χ1) is 16.2. The maximum Gasteiger partial charge on any atom is 0.166 e. The van der Waals surface area contributed by atoms with Gasteiger partial charge in [0.2, 0.25) is 0 Å². The quantitative estimate of drug-likeness (QED) is 0.367. The molecule has 0 saturated heterocycles. The lowest BCUT2D eigenvalue weighted by molar-refractivity contribution is 0.0802. The molecular formula is C28H40N4S2. The van der Waals surface area contributed by atoms with Crippen LogP contribution in [0.1, 0.15) is 51.2 Å². The van der Waals surface area contributed by atoms with E-state index in [0.717, 1.165) is 62.0 Å². The highest BCUT2D eigenvalue weighted by Crippen LogP contribution is 2.45. The number of benzene rings is 2. The Hall–Kier alpha value is -2.18. The molecule has 1 aliphatic rings.